The molecule has 0 spiro atoms. The molecule has 1 fully saturated rings. The number of ether oxygens (including phenoxy) is 1. The molecule has 1 saturated heterocycles. The van der Waals surface area contributed by atoms with Gasteiger partial charge in [0.15, 0.2) is 5.84 Å². The van der Waals surface area contributed by atoms with E-state index < -0.39 is 0 Å². The normalized spacial score (nSPS) is 17.7. The molecule has 0 amide bonds. The molecule has 0 unspecified atom stereocenters. The Bertz CT molecular complexity index is 444. The second-order valence-electron chi connectivity index (χ2n) is 4.61. The molecule has 0 radical (unpaired) electrons. The Balaban J connectivity index is 2.03. The van der Waals surface area contributed by atoms with E-state index in [-0.39, 0.29) is 5.84 Å². The Hall–Kier alpha value is -1.89. The fourth-order valence-corrected chi connectivity index (χ4v) is 2.23. The highest BCUT2D eigenvalue weighted by molar-refractivity contribution is 5.95. The molecule has 0 atom stereocenters. The predicted octanol–water partition coefficient (Wildman–Crippen LogP) is 0.434. The summed E-state index contributed by atoms with van der Waals surface area (Å²) in [6, 6.07) is 1.62. The third kappa shape index (κ3) is 3.31. The highest BCUT2D eigenvalue weighted by Gasteiger charge is 2.21. The third-order valence-electron chi connectivity index (χ3n) is 3.31. The van der Waals surface area contributed by atoms with Crippen molar-refractivity contribution in [3.63, 3.8) is 0 Å². The second-order valence-corrected chi connectivity index (χ2v) is 4.61. The summed E-state index contributed by atoms with van der Waals surface area (Å²) < 4.78 is 5.18. The molecule has 3 N–H and O–H groups in total. The number of nitrogens with two attached hydrogens (primary N) is 1. The lowest BCUT2D eigenvalue weighted by Crippen LogP contribution is -2.36. The van der Waals surface area contributed by atoms with Gasteiger partial charge in [-0.25, -0.2) is 9.97 Å². The molecule has 1 aromatic heterocycles. The van der Waals surface area contributed by atoms with E-state index >= 15 is 0 Å². The number of oxime groups is 1. The van der Waals surface area contributed by atoms with Crippen LogP contribution in [0, 0.1) is 5.92 Å². The number of hydrogen-bond donors (Lipinski definition) is 2. The maximum absolute atomic E-state index is 8.66. The second kappa shape index (κ2) is 6.33. The third-order valence-corrected chi connectivity index (χ3v) is 3.31. The number of rotatable bonds is 4. The van der Waals surface area contributed by atoms with E-state index in [1.807, 2.05) is 0 Å². The Morgan fingerprint density at radius 1 is 1.58 bits per heavy atom. The quantitative estimate of drug-likeness (QED) is 0.355. The van der Waals surface area contributed by atoms with Gasteiger partial charge in [0.1, 0.15) is 5.69 Å². The van der Waals surface area contributed by atoms with Crippen molar-refractivity contribution in [1.29, 1.82) is 0 Å². The summed E-state index contributed by atoms with van der Waals surface area (Å²) in [5.41, 5.74) is 5.97. The fourth-order valence-electron chi connectivity index (χ4n) is 2.23. The minimum absolute atomic E-state index is 0.00193. The lowest BCUT2D eigenvalue weighted by Gasteiger charge is -2.31. The van der Waals surface area contributed by atoms with Crippen molar-refractivity contribution in [2.75, 3.05) is 31.7 Å². The summed E-state index contributed by atoms with van der Waals surface area (Å²) in [7, 11) is 1.73. The zero-order chi connectivity index (χ0) is 13.7. The van der Waals surface area contributed by atoms with E-state index in [2.05, 4.69) is 20.0 Å². The Kier molecular flexibility index (Phi) is 4.51. The van der Waals surface area contributed by atoms with E-state index in [4.69, 9.17) is 15.7 Å². The molecule has 1 aliphatic rings. The lowest BCUT2D eigenvalue weighted by atomic mass is 9.98. The minimum Gasteiger partial charge on any atom is -0.409 e. The Morgan fingerprint density at radius 3 is 2.95 bits per heavy atom. The molecule has 1 aromatic rings. The van der Waals surface area contributed by atoms with Gasteiger partial charge in [-0.2, -0.15) is 0 Å². The highest BCUT2D eigenvalue weighted by atomic mass is 16.5. The van der Waals surface area contributed by atoms with E-state index in [0.29, 0.717) is 17.6 Å². The summed E-state index contributed by atoms with van der Waals surface area (Å²) in [6.45, 7) is 2.60. The van der Waals surface area contributed by atoms with Crippen LogP contribution < -0.4 is 10.6 Å². The number of amidine groups is 1. The Labute approximate surface area is 112 Å². The van der Waals surface area contributed by atoms with Crippen LogP contribution in [0.2, 0.25) is 0 Å². The van der Waals surface area contributed by atoms with Crippen molar-refractivity contribution in [3.05, 3.63) is 18.0 Å². The van der Waals surface area contributed by atoms with Crippen molar-refractivity contribution in [3.8, 4) is 0 Å². The molecular formula is C12H19N5O2. The minimum atomic E-state index is -0.00193. The molecular weight excluding hydrogens is 246 g/mol. The van der Waals surface area contributed by atoms with Crippen LogP contribution >= 0.6 is 0 Å². The van der Waals surface area contributed by atoms with Gasteiger partial charge in [0, 0.05) is 33.0 Å². The van der Waals surface area contributed by atoms with Crippen molar-refractivity contribution >= 4 is 11.8 Å². The summed E-state index contributed by atoms with van der Waals surface area (Å²) in [6.07, 6.45) is 3.74. The van der Waals surface area contributed by atoms with Crippen LogP contribution in [0.5, 0.6) is 0 Å². The summed E-state index contributed by atoms with van der Waals surface area (Å²) in [5.74, 6) is 1.23. The van der Waals surface area contributed by atoms with Crippen LogP contribution in [0.1, 0.15) is 18.5 Å². The molecule has 7 nitrogen and oxygen atoms in total. The number of piperidine rings is 1. The first-order valence-electron chi connectivity index (χ1n) is 6.29. The van der Waals surface area contributed by atoms with Crippen molar-refractivity contribution < 1.29 is 9.94 Å². The van der Waals surface area contributed by atoms with Crippen molar-refractivity contribution in [2.45, 2.75) is 12.8 Å². The largest absolute Gasteiger partial charge is 0.409 e. The highest BCUT2D eigenvalue weighted by Crippen LogP contribution is 2.20. The standard InChI is InChI=1S/C12H19N5O2/c1-19-8-9-3-6-17(7-4-9)12-14-5-2-10(15-12)11(13)16-18/h2,5,9,18H,3-4,6-8H2,1H3,(H2,13,16). The van der Waals surface area contributed by atoms with Crippen LogP contribution in [-0.2, 0) is 4.74 Å². The lowest BCUT2D eigenvalue weighted by molar-refractivity contribution is 0.139. The number of methoxy groups -OCH3 is 1. The average molecular weight is 265 g/mol. The summed E-state index contributed by atoms with van der Waals surface area (Å²) >= 11 is 0. The van der Waals surface area contributed by atoms with Gasteiger partial charge in [-0.05, 0) is 24.8 Å². The average Bonchev–Trinajstić information content (AvgIpc) is 2.48. The van der Waals surface area contributed by atoms with Crippen LogP contribution in [0.15, 0.2) is 17.4 Å². The molecule has 0 aromatic carbocycles. The van der Waals surface area contributed by atoms with Gasteiger partial charge in [-0.1, -0.05) is 5.16 Å². The SMILES string of the molecule is COCC1CCN(c2nccc(/C(N)=N/O)n2)CC1. The van der Waals surface area contributed by atoms with Crippen LogP contribution in [0.4, 0.5) is 5.95 Å². The van der Waals surface area contributed by atoms with E-state index in [9.17, 15) is 0 Å². The van der Waals surface area contributed by atoms with Gasteiger partial charge in [-0.15, -0.1) is 0 Å². The van der Waals surface area contributed by atoms with Crippen molar-refractivity contribution in [1.82, 2.24) is 9.97 Å². The zero-order valence-corrected chi connectivity index (χ0v) is 11.0. The maximum Gasteiger partial charge on any atom is 0.225 e. The van der Waals surface area contributed by atoms with Crippen LogP contribution in [0.3, 0.4) is 0 Å². The Morgan fingerprint density at radius 2 is 2.32 bits per heavy atom. The monoisotopic (exact) mass is 265 g/mol. The predicted molar refractivity (Wildman–Crippen MR) is 71.4 cm³/mol. The van der Waals surface area contributed by atoms with E-state index in [0.717, 1.165) is 32.5 Å². The first-order chi connectivity index (χ1) is 9.24. The molecule has 1 aliphatic heterocycles. The van der Waals surface area contributed by atoms with Gasteiger partial charge in [0.25, 0.3) is 0 Å². The number of anilines is 1. The van der Waals surface area contributed by atoms with Gasteiger partial charge < -0.3 is 20.6 Å². The summed E-state index contributed by atoms with van der Waals surface area (Å²) in [5, 5.41) is 11.6. The zero-order valence-electron chi connectivity index (χ0n) is 11.0. The molecule has 2 rings (SSSR count). The smallest absolute Gasteiger partial charge is 0.225 e. The van der Waals surface area contributed by atoms with E-state index in [1.54, 1.807) is 19.4 Å². The molecule has 0 aliphatic carbocycles. The topological polar surface area (TPSA) is 96.9 Å². The number of hydrogen-bond acceptors (Lipinski definition) is 6. The van der Waals surface area contributed by atoms with Crippen molar-refractivity contribution in [2.24, 2.45) is 16.8 Å². The number of aromatic nitrogens is 2. The van der Waals surface area contributed by atoms with Gasteiger partial charge >= 0.3 is 0 Å². The molecule has 19 heavy (non-hydrogen) atoms. The van der Waals surface area contributed by atoms with Crippen LogP contribution in [0.25, 0.3) is 0 Å². The molecule has 7 heteroatoms. The first-order valence-corrected chi connectivity index (χ1v) is 6.29. The first kappa shape index (κ1) is 13.5. The van der Waals surface area contributed by atoms with Gasteiger partial charge in [-0.3, -0.25) is 0 Å². The number of nitrogens with zero attached hydrogens (tertiary/aromatic N) is 4. The van der Waals surface area contributed by atoms with Gasteiger partial charge in [0.05, 0.1) is 0 Å². The van der Waals surface area contributed by atoms with Crippen LogP contribution in [-0.4, -0.2) is 47.8 Å². The molecule has 0 bridgehead atoms. The fraction of sp³-hybridized carbons (Fsp3) is 0.583. The van der Waals surface area contributed by atoms with E-state index in [1.165, 1.54) is 0 Å². The molecule has 2 heterocycles. The van der Waals surface area contributed by atoms with Gasteiger partial charge in [0.2, 0.25) is 5.95 Å². The summed E-state index contributed by atoms with van der Waals surface area (Å²) in [4.78, 5) is 10.7. The molecule has 104 valence electrons. The maximum atomic E-state index is 8.66. The molecule has 0 saturated carbocycles.